The predicted octanol–water partition coefficient (Wildman–Crippen LogP) is 7.09. The van der Waals surface area contributed by atoms with Crippen molar-refractivity contribution < 1.29 is 28.9 Å². The number of rotatable bonds is 9. The van der Waals surface area contributed by atoms with E-state index in [1.54, 1.807) is 6.08 Å². The Morgan fingerprint density at radius 3 is 2.15 bits per heavy atom. The third kappa shape index (κ3) is 11.9. The molecule has 0 bridgehead atoms. The van der Waals surface area contributed by atoms with Crippen LogP contribution in [0, 0.1) is 0 Å². The van der Waals surface area contributed by atoms with E-state index in [9.17, 15) is 9.59 Å². The summed E-state index contributed by atoms with van der Waals surface area (Å²) < 4.78 is 17.0. The van der Waals surface area contributed by atoms with Crippen LogP contribution in [0.4, 0.5) is 4.79 Å². The van der Waals surface area contributed by atoms with E-state index in [0.29, 0.717) is 18.9 Å². The predicted molar refractivity (Wildman–Crippen MR) is 164 cm³/mol. The molecule has 0 fully saturated rings. The lowest BCUT2D eigenvalue weighted by Crippen LogP contribution is -2.32. The van der Waals surface area contributed by atoms with E-state index in [1.807, 2.05) is 96.1 Å². The van der Waals surface area contributed by atoms with Crippen molar-refractivity contribution in [3.8, 4) is 16.9 Å². The maximum Gasteiger partial charge on any atom is 0.407 e. The van der Waals surface area contributed by atoms with Crippen LogP contribution in [0.3, 0.4) is 0 Å². The summed E-state index contributed by atoms with van der Waals surface area (Å²) in [5.41, 5.74) is 4.58. The van der Waals surface area contributed by atoms with E-state index < -0.39 is 17.3 Å². The molecule has 0 aliphatic heterocycles. The molecule has 3 rings (SSSR count). The molecule has 2 N–H and O–H groups in total. The lowest BCUT2D eigenvalue weighted by molar-refractivity contribution is -0.153. The van der Waals surface area contributed by atoms with E-state index in [-0.39, 0.29) is 12.4 Å². The molecular weight excluding hydrogens is 518 g/mol. The molecular formula is C34H43NO6. The highest BCUT2D eigenvalue weighted by atomic mass is 16.6. The Kier molecular flexibility index (Phi) is 12.2. The average molecular weight is 562 g/mol. The Morgan fingerprint density at radius 2 is 1.49 bits per heavy atom. The van der Waals surface area contributed by atoms with E-state index >= 15 is 0 Å². The Bertz CT molecular complexity index is 1320. The smallest absolute Gasteiger partial charge is 0.407 e. The topological polar surface area (TPSA) is 94.1 Å². The second-order valence-electron chi connectivity index (χ2n) is 11.4. The Balaban J connectivity index is 0.00000287. The van der Waals surface area contributed by atoms with E-state index in [1.165, 1.54) is 0 Å². The van der Waals surface area contributed by atoms with Gasteiger partial charge in [-0.05, 0) is 99.7 Å². The SMILES string of the molecule is C=Cc1cc(COc2ccccc2CC(=O)OC(C)(C)C)cc(-c2cccc(CNC(=O)OC(C)(C)C)c2)c1.CO. The van der Waals surface area contributed by atoms with Gasteiger partial charge in [0, 0.05) is 19.2 Å². The monoisotopic (exact) mass is 561 g/mol. The van der Waals surface area contributed by atoms with Crippen LogP contribution in [-0.4, -0.2) is 35.5 Å². The van der Waals surface area contributed by atoms with Crippen LogP contribution in [0.5, 0.6) is 5.75 Å². The molecule has 7 heteroatoms. The molecule has 0 spiro atoms. The molecule has 0 aliphatic carbocycles. The summed E-state index contributed by atoms with van der Waals surface area (Å²) in [5, 5.41) is 9.81. The lowest BCUT2D eigenvalue weighted by atomic mass is 9.98. The van der Waals surface area contributed by atoms with Crippen molar-refractivity contribution >= 4 is 18.1 Å². The van der Waals surface area contributed by atoms with Crippen molar-refractivity contribution in [3.63, 3.8) is 0 Å². The maximum absolute atomic E-state index is 12.4. The van der Waals surface area contributed by atoms with Crippen molar-refractivity contribution in [1.29, 1.82) is 0 Å². The number of ether oxygens (including phenoxy) is 3. The van der Waals surface area contributed by atoms with Crippen LogP contribution < -0.4 is 10.1 Å². The summed E-state index contributed by atoms with van der Waals surface area (Å²) in [6, 6.07) is 21.7. The third-order valence-corrected chi connectivity index (χ3v) is 5.47. The first-order valence-corrected chi connectivity index (χ1v) is 13.5. The zero-order chi connectivity index (χ0) is 30.6. The second-order valence-corrected chi connectivity index (χ2v) is 11.4. The zero-order valence-corrected chi connectivity index (χ0v) is 25.2. The molecule has 0 saturated heterocycles. The van der Waals surface area contributed by atoms with E-state index in [2.05, 4.69) is 24.0 Å². The van der Waals surface area contributed by atoms with Gasteiger partial charge in [-0.3, -0.25) is 4.79 Å². The number of amides is 1. The molecule has 7 nitrogen and oxygen atoms in total. The van der Waals surface area contributed by atoms with Crippen molar-refractivity contribution in [2.45, 2.75) is 72.3 Å². The summed E-state index contributed by atoms with van der Waals surface area (Å²) in [6.45, 7) is 15.7. The number of esters is 1. The van der Waals surface area contributed by atoms with Gasteiger partial charge < -0.3 is 24.6 Å². The number of benzene rings is 3. The van der Waals surface area contributed by atoms with Gasteiger partial charge in [-0.15, -0.1) is 0 Å². The van der Waals surface area contributed by atoms with Crippen molar-refractivity contribution in [3.05, 3.63) is 95.6 Å². The molecule has 3 aromatic rings. The summed E-state index contributed by atoms with van der Waals surface area (Å²) in [7, 11) is 1.00. The molecule has 0 heterocycles. The number of alkyl carbamates (subject to hydrolysis) is 1. The number of hydrogen-bond donors (Lipinski definition) is 2. The molecule has 1 amide bonds. The first-order valence-electron chi connectivity index (χ1n) is 13.5. The fourth-order valence-electron chi connectivity index (χ4n) is 3.92. The van der Waals surface area contributed by atoms with Crippen molar-refractivity contribution in [2.75, 3.05) is 7.11 Å². The molecule has 41 heavy (non-hydrogen) atoms. The third-order valence-electron chi connectivity index (χ3n) is 5.47. The van der Waals surface area contributed by atoms with Gasteiger partial charge in [0.1, 0.15) is 23.6 Å². The minimum absolute atomic E-state index is 0.134. The van der Waals surface area contributed by atoms with Crippen molar-refractivity contribution in [1.82, 2.24) is 5.32 Å². The number of para-hydroxylation sites is 1. The highest BCUT2D eigenvalue weighted by Crippen LogP contribution is 2.26. The molecule has 0 radical (unpaired) electrons. The standard InChI is InChI=1S/C33H39NO5.CH4O/c1-8-23-16-25(22-37-29-15-10-9-13-27(29)20-30(35)38-32(2,3)4)19-28(17-23)26-14-11-12-24(18-26)21-34-31(36)39-33(5,6)7;1-2/h8-19H,1,20-22H2,2-7H3,(H,34,36);2H,1H3. The molecule has 0 unspecified atom stereocenters. The van der Waals surface area contributed by atoms with Gasteiger partial charge >= 0.3 is 12.1 Å². The van der Waals surface area contributed by atoms with Gasteiger partial charge in [-0.2, -0.15) is 0 Å². The number of carbonyl (C=O) groups is 2. The van der Waals surface area contributed by atoms with Gasteiger partial charge in [0.05, 0.1) is 6.42 Å². The Morgan fingerprint density at radius 1 is 0.829 bits per heavy atom. The minimum atomic E-state index is -0.550. The molecule has 0 atom stereocenters. The molecule has 220 valence electrons. The number of aliphatic hydroxyl groups excluding tert-OH is 1. The first-order chi connectivity index (χ1) is 19.3. The van der Waals surface area contributed by atoms with Gasteiger partial charge in [0.15, 0.2) is 0 Å². The zero-order valence-electron chi connectivity index (χ0n) is 25.2. The van der Waals surface area contributed by atoms with Gasteiger partial charge in [-0.1, -0.05) is 49.1 Å². The summed E-state index contributed by atoms with van der Waals surface area (Å²) in [6.07, 6.45) is 1.49. The molecule has 3 aromatic carbocycles. The maximum atomic E-state index is 12.4. The Labute approximate surface area is 244 Å². The number of aliphatic hydroxyl groups is 1. The quantitative estimate of drug-likeness (QED) is 0.271. The van der Waals surface area contributed by atoms with E-state index in [0.717, 1.165) is 40.5 Å². The summed E-state index contributed by atoms with van der Waals surface area (Å²) in [5.74, 6) is 0.347. The number of nitrogens with one attached hydrogen (secondary N) is 1. The number of hydrogen-bond acceptors (Lipinski definition) is 6. The Hall–Kier alpha value is -4.10. The highest BCUT2D eigenvalue weighted by Gasteiger charge is 2.18. The van der Waals surface area contributed by atoms with Crippen molar-refractivity contribution in [2.24, 2.45) is 0 Å². The fraction of sp³-hybridized carbons (Fsp3) is 0.353. The molecule has 0 aromatic heterocycles. The van der Waals surface area contributed by atoms with Gasteiger partial charge in [0.2, 0.25) is 0 Å². The molecule has 0 aliphatic rings. The fourth-order valence-corrected chi connectivity index (χ4v) is 3.92. The van der Waals surface area contributed by atoms with Gasteiger partial charge in [0.25, 0.3) is 0 Å². The largest absolute Gasteiger partial charge is 0.489 e. The highest BCUT2D eigenvalue weighted by molar-refractivity contribution is 5.74. The van der Waals surface area contributed by atoms with Gasteiger partial charge in [-0.25, -0.2) is 4.79 Å². The lowest BCUT2D eigenvalue weighted by Gasteiger charge is -2.20. The minimum Gasteiger partial charge on any atom is -0.489 e. The van der Waals surface area contributed by atoms with Crippen LogP contribution in [-0.2, 0) is 33.8 Å². The summed E-state index contributed by atoms with van der Waals surface area (Å²) in [4.78, 5) is 24.5. The first kappa shape index (κ1) is 33.1. The molecule has 0 saturated carbocycles. The van der Waals surface area contributed by atoms with Crippen LogP contribution in [0.1, 0.15) is 63.8 Å². The average Bonchev–Trinajstić information content (AvgIpc) is 2.90. The van der Waals surface area contributed by atoms with Crippen LogP contribution in [0.25, 0.3) is 17.2 Å². The summed E-state index contributed by atoms with van der Waals surface area (Å²) >= 11 is 0. The number of carbonyl (C=O) groups excluding carboxylic acids is 2. The second kappa shape index (κ2) is 15.1. The van der Waals surface area contributed by atoms with Crippen LogP contribution in [0.2, 0.25) is 0 Å². The van der Waals surface area contributed by atoms with E-state index in [4.69, 9.17) is 19.3 Å². The van der Waals surface area contributed by atoms with Crippen LogP contribution in [0.15, 0.2) is 73.3 Å². The normalized spacial score (nSPS) is 11.0. The van der Waals surface area contributed by atoms with Crippen LogP contribution >= 0.6 is 0 Å².